The van der Waals surface area contributed by atoms with Gasteiger partial charge in [0.1, 0.15) is 0 Å². The molecule has 0 radical (unpaired) electrons. The molecule has 21 heavy (non-hydrogen) atoms. The van der Waals surface area contributed by atoms with E-state index in [0.29, 0.717) is 0 Å². The van der Waals surface area contributed by atoms with Gasteiger partial charge in [-0.25, -0.2) is 0 Å². The standard InChI is InChI=1S/C21H30/c1-3-4-5-17-8-11-21-15-20(13-12-19(21)14-17)18-9-6-16(2)7-10-18/h3,6-7,9-10,17,19-21H,1,4-5,8,11-15H2,2H3. The van der Waals surface area contributed by atoms with E-state index in [0.717, 1.165) is 23.7 Å². The first-order valence-corrected chi connectivity index (χ1v) is 8.93. The summed E-state index contributed by atoms with van der Waals surface area (Å²) in [6.45, 7) is 6.06. The molecule has 2 aliphatic carbocycles. The Hall–Kier alpha value is -1.04. The van der Waals surface area contributed by atoms with Gasteiger partial charge in [-0.15, -0.1) is 6.58 Å². The molecule has 0 amide bonds. The number of hydrogen-bond acceptors (Lipinski definition) is 0. The van der Waals surface area contributed by atoms with E-state index in [1.165, 1.54) is 56.9 Å². The van der Waals surface area contributed by atoms with Crippen LogP contribution in [0.4, 0.5) is 0 Å². The van der Waals surface area contributed by atoms with Gasteiger partial charge in [-0.3, -0.25) is 0 Å². The summed E-state index contributed by atoms with van der Waals surface area (Å²) < 4.78 is 0. The summed E-state index contributed by atoms with van der Waals surface area (Å²) in [7, 11) is 0. The van der Waals surface area contributed by atoms with Gasteiger partial charge in [0.2, 0.25) is 0 Å². The highest BCUT2D eigenvalue weighted by molar-refractivity contribution is 5.25. The van der Waals surface area contributed by atoms with Crippen molar-refractivity contribution in [2.24, 2.45) is 17.8 Å². The maximum atomic E-state index is 3.88. The average molecular weight is 282 g/mol. The van der Waals surface area contributed by atoms with Gasteiger partial charge in [-0.1, -0.05) is 42.3 Å². The molecule has 2 aliphatic rings. The lowest BCUT2D eigenvalue weighted by atomic mass is 9.63. The smallest absolute Gasteiger partial charge is 0.0159 e. The van der Waals surface area contributed by atoms with Gasteiger partial charge in [-0.05, 0) is 81.1 Å². The molecule has 0 saturated heterocycles. The number of fused-ring (bicyclic) bond motifs is 1. The Bertz CT molecular complexity index is 455. The van der Waals surface area contributed by atoms with Crippen LogP contribution in [0.2, 0.25) is 0 Å². The molecule has 4 unspecified atom stereocenters. The first-order chi connectivity index (χ1) is 10.3. The Balaban J connectivity index is 1.57. The van der Waals surface area contributed by atoms with Crippen molar-refractivity contribution in [3.63, 3.8) is 0 Å². The van der Waals surface area contributed by atoms with Gasteiger partial charge in [0, 0.05) is 0 Å². The van der Waals surface area contributed by atoms with E-state index in [4.69, 9.17) is 0 Å². The van der Waals surface area contributed by atoms with Crippen molar-refractivity contribution in [3.05, 3.63) is 48.0 Å². The van der Waals surface area contributed by atoms with Gasteiger partial charge in [0.25, 0.3) is 0 Å². The zero-order chi connectivity index (χ0) is 14.7. The lowest BCUT2D eigenvalue weighted by Gasteiger charge is -2.42. The quantitative estimate of drug-likeness (QED) is 0.572. The molecule has 3 rings (SSSR count). The third-order valence-electron chi connectivity index (χ3n) is 6.05. The van der Waals surface area contributed by atoms with Gasteiger partial charge >= 0.3 is 0 Å². The fourth-order valence-corrected chi connectivity index (χ4v) is 4.74. The molecular formula is C21H30. The molecule has 1 aromatic rings. The second-order valence-electron chi connectivity index (χ2n) is 7.49. The molecule has 0 aromatic heterocycles. The van der Waals surface area contributed by atoms with Crippen LogP contribution in [0, 0.1) is 24.7 Å². The maximum Gasteiger partial charge on any atom is -0.0159 e. The summed E-state index contributed by atoms with van der Waals surface area (Å²) in [5.74, 6) is 3.84. The predicted octanol–water partition coefficient (Wildman–Crippen LogP) is 6.26. The minimum absolute atomic E-state index is 0.830. The van der Waals surface area contributed by atoms with Crippen LogP contribution < -0.4 is 0 Å². The summed E-state index contributed by atoms with van der Waals surface area (Å²) in [5.41, 5.74) is 2.97. The van der Waals surface area contributed by atoms with E-state index in [-0.39, 0.29) is 0 Å². The second-order valence-corrected chi connectivity index (χ2v) is 7.49. The van der Waals surface area contributed by atoms with Gasteiger partial charge in [-0.2, -0.15) is 0 Å². The number of benzene rings is 1. The molecule has 4 atom stereocenters. The third kappa shape index (κ3) is 3.59. The number of aryl methyl sites for hydroxylation is 1. The Labute approximate surface area is 130 Å². The van der Waals surface area contributed by atoms with Crippen molar-refractivity contribution in [1.82, 2.24) is 0 Å². The number of rotatable bonds is 4. The summed E-state index contributed by atoms with van der Waals surface area (Å²) in [6.07, 6.45) is 13.5. The van der Waals surface area contributed by atoms with Crippen molar-refractivity contribution in [1.29, 1.82) is 0 Å². The topological polar surface area (TPSA) is 0 Å². The van der Waals surface area contributed by atoms with Crippen molar-refractivity contribution in [2.75, 3.05) is 0 Å². The van der Waals surface area contributed by atoms with Crippen LogP contribution in [0.15, 0.2) is 36.9 Å². The molecule has 0 heteroatoms. The highest BCUT2D eigenvalue weighted by Crippen LogP contribution is 2.48. The molecule has 114 valence electrons. The highest BCUT2D eigenvalue weighted by Gasteiger charge is 2.35. The summed E-state index contributed by atoms with van der Waals surface area (Å²) in [5, 5.41) is 0. The van der Waals surface area contributed by atoms with Crippen molar-refractivity contribution in [2.45, 2.75) is 64.2 Å². The summed E-state index contributed by atoms with van der Waals surface area (Å²) in [4.78, 5) is 0. The van der Waals surface area contributed by atoms with Gasteiger partial charge in [0.05, 0.1) is 0 Å². The SMILES string of the molecule is C=CCCC1CCC2CC(c3ccc(C)cc3)CCC2C1. The van der Waals surface area contributed by atoms with Gasteiger partial charge in [0.15, 0.2) is 0 Å². The van der Waals surface area contributed by atoms with Crippen LogP contribution in [-0.2, 0) is 0 Å². The van der Waals surface area contributed by atoms with E-state index in [2.05, 4.69) is 43.8 Å². The van der Waals surface area contributed by atoms with Crippen LogP contribution in [0.1, 0.15) is 68.4 Å². The Morgan fingerprint density at radius 2 is 1.71 bits per heavy atom. The van der Waals surface area contributed by atoms with Crippen molar-refractivity contribution < 1.29 is 0 Å². The monoisotopic (exact) mass is 282 g/mol. The Morgan fingerprint density at radius 1 is 1.00 bits per heavy atom. The summed E-state index contributed by atoms with van der Waals surface area (Å²) in [6, 6.07) is 9.31. The predicted molar refractivity (Wildman–Crippen MR) is 91.5 cm³/mol. The normalized spacial score (nSPS) is 32.4. The van der Waals surface area contributed by atoms with Crippen molar-refractivity contribution in [3.8, 4) is 0 Å². The number of hydrogen-bond donors (Lipinski definition) is 0. The minimum atomic E-state index is 0.830. The fraction of sp³-hybridized carbons (Fsp3) is 0.619. The molecule has 0 nitrogen and oxygen atoms in total. The maximum absolute atomic E-state index is 3.88. The Morgan fingerprint density at radius 3 is 2.48 bits per heavy atom. The van der Waals surface area contributed by atoms with E-state index >= 15 is 0 Å². The fourth-order valence-electron chi connectivity index (χ4n) is 4.74. The molecule has 1 aromatic carbocycles. The molecule has 2 saturated carbocycles. The van der Waals surface area contributed by atoms with Crippen LogP contribution in [0.25, 0.3) is 0 Å². The molecule has 0 aliphatic heterocycles. The Kier molecular flexibility index (Phi) is 4.83. The minimum Gasteiger partial charge on any atom is -0.103 e. The van der Waals surface area contributed by atoms with Crippen LogP contribution in [0.3, 0.4) is 0 Å². The van der Waals surface area contributed by atoms with E-state index in [1.807, 2.05) is 0 Å². The molecule has 2 fully saturated rings. The molecular weight excluding hydrogens is 252 g/mol. The zero-order valence-corrected chi connectivity index (χ0v) is 13.6. The average Bonchev–Trinajstić information content (AvgIpc) is 2.53. The summed E-state index contributed by atoms with van der Waals surface area (Å²) >= 11 is 0. The first kappa shape index (κ1) is 14.9. The molecule has 0 N–H and O–H groups in total. The first-order valence-electron chi connectivity index (χ1n) is 8.93. The van der Waals surface area contributed by atoms with E-state index < -0.39 is 0 Å². The van der Waals surface area contributed by atoms with Crippen LogP contribution in [-0.4, -0.2) is 0 Å². The highest BCUT2D eigenvalue weighted by atomic mass is 14.4. The lowest BCUT2D eigenvalue weighted by molar-refractivity contribution is 0.115. The lowest BCUT2D eigenvalue weighted by Crippen LogP contribution is -2.30. The number of allylic oxidation sites excluding steroid dienone is 1. The van der Waals surface area contributed by atoms with Crippen LogP contribution in [0.5, 0.6) is 0 Å². The van der Waals surface area contributed by atoms with E-state index in [1.54, 1.807) is 5.56 Å². The molecule has 0 heterocycles. The van der Waals surface area contributed by atoms with Gasteiger partial charge < -0.3 is 0 Å². The largest absolute Gasteiger partial charge is 0.103 e. The van der Waals surface area contributed by atoms with Crippen molar-refractivity contribution >= 4 is 0 Å². The third-order valence-corrected chi connectivity index (χ3v) is 6.05. The molecule has 0 spiro atoms. The zero-order valence-electron chi connectivity index (χ0n) is 13.6. The second kappa shape index (κ2) is 6.81. The van der Waals surface area contributed by atoms with E-state index in [9.17, 15) is 0 Å². The molecule has 0 bridgehead atoms. The van der Waals surface area contributed by atoms with Crippen LogP contribution >= 0.6 is 0 Å².